The summed E-state index contributed by atoms with van der Waals surface area (Å²) in [6, 6.07) is 14.1. The average molecular weight is 394 g/mol. The summed E-state index contributed by atoms with van der Waals surface area (Å²) in [5, 5.41) is 6.22. The number of hydrogen-bond donors (Lipinski definition) is 2. The van der Waals surface area contributed by atoms with Gasteiger partial charge >= 0.3 is 6.36 Å². The van der Waals surface area contributed by atoms with Gasteiger partial charge in [-0.1, -0.05) is 42.5 Å². The van der Waals surface area contributed by atoms with Crippen molar-refractivity contribution in [2.45, 2.75) is 26.0 Å². The molecule has 0 saturated heterocycles. The third kappa shape index (κ3) is 7.11. The van der Waals surface area contributed by atoms with Gasteiger partial charge in [-0.2, -0.15) is 0 Å². The second kappa shape index (κ2) is 9.98. The molecule has 2 aromatic carbocycles. The summed E-state index contributed by atoms with van der Waals surface area (Å²) in [6.07, 6.45) is -4.73. The minimum atomic E-state index is -4.73. The van der Waals surface area contributed by atoms with E-state index in [1.54, 1.807) is 19.2 Å². The van der Waals surface area contributed by atoms with Crippen LogP contribution in [0.4, 0.5) is 13.2 Å². The molecule has 0 amide bonds. The van der Waals surface area contributed by atoms with E-state index in [0.29, 0.717) is 18.1 Å². The zero-order chi connectivity index (χ0) is 20.6. The van der Waals surface area contributed by atoms with Crippen molar-refractivity contribution in [3.05, 3.63) is 65.2 Å². The van der Waals surface area contributed by atoms with Gasteiger partial charge in [-0.3, -0.25) is 4.99 Å². The first-order valence-electron chi connectivity index (χ1n) is 8.78. The monoisotopic (exact) mass is 394 g/mol. The Labute approximate surface area is 163 Å². The number of guanidine groups is 1. The van der Waals surface area contributed by atoms with Crippen LogP contribution < -0.4 is 15.4 Å². The van der Waals surface area contributed by atoms with Gasteiger partial charge in [0.05, 0.1) is 0 Å². The van der Waals surface area contributed by atoms with E-state index in [4.69, 9.17) is 0 Å². The molecule has 152 valence electrons. The van der Waals surface area contributed by atoms with E-state index in [0.717, 1.165) is 12.1 Å². The summed E-state index contributed by atoms with van der Waals surface area (Å²) >= 11 is 0. The number of halogens is 3. The van der Waals surface area contributed by atoms with Crippen LogP contribution >= 0.6 is 0 Å². The molecule has 2 aromatic rings. The van der Waals surface area contributed by atoms with Crippen LogP contribution in [0, 0.1) is 0 Å². The largest absolute Gasteiger partial charge is 0.573 e. The Morgan fingerprint density at radius 3 is 2.04 bits per heavy atom. The first-order chi connectivity index (χ1) is 13.3. The predicted molar refractivity (Wildman–Crippen MR) is 104 cm³/mol. The number of ether oxygens (including phenoxy) is 1. The smallest absolute Gasteiger partial charge is 0.405 e. The zero-order valence-electron chi connectivity index (χ0n) is 16.2. The molecule has 0 spiro atoms. The highest BCUT2D eigenvalue weighted by Gasteiger charge is 2.31. The Balaban J connectivity index is 1.98. The molecule has 0 aliphatic carbocycles. The van der Waals surface area contributed by atoms with Gasteiger partial charge in [0.15, 0.2) is 5.96 Å². The van der Waals surface area contributed by atoms with Crippen LogP contribution in [0.5, 0.6) is 5.75 Å². The molecule has 0 aliphatic heterocycles. The molecule has 0 bridgehead atoms. The van der Waals surface area contributed by atoms with Crippen molar-refractivity contribution in [1.82, 2.24) is 15.5 Å². The fourth-order valence-corrected chi connectivity index (χ4v) is 2.68. The normalized spacial score (nSPS) is 12.2. The summed E-state index contributed by atoms with van der Waals surface area (Å²) < 4.78 is 41.7. The molecule has 0 radical (unpaired) electrons. The zero-order valence-corrected chi connectivity index (χ0v) is 16.2. The molecule has 0 heterocycles. The number of rotatable bonds is 7. The van der Waals surface area contributed by atoms with Crippen LogP contribution in [-0.2, 0) is 19.6 Å². The van der Waals surface area contributed by atoms with Gasteiger partial charge in [0.1, 0.15) is 5.75 Å². The van der Waals surface area contributed by atoms with Crippen LogP contribution in [0.3, 0.4) is 0 Å². The van der Waals surface area contributed by atoms with E-state index in [2.05, 4.69) is 31.3 Å². The van der Waals surface area contributed by atoms with Crippen LogP contribution in [0.25, 0.3) is 0 Å². The van der Waals surface area contributed by atoms with Crippen molar-refractivity contribution in [1.29, 1.82) is 0 Å². The molecule has 0 aliphatic rings. The number of nitrogens with one attached hydrogen (secondary N) is 2. The van der Waals surface area contributed by atoms with Gasteiger partial charge < -0.3 is 20.3 Å². The Hall–Kier alpha value is -2.74. The second-order valence-electron chi connectivity index (χ2n) is 6.44. The molecule has 0 fully saturated rings. The van der Waals surface area contributed by atoms with Gasteiger partial charge in [0.2, 0.25) is 0 Å². The number of nitrogens with zero attached hydrogens (tertiary/aromatic N) is 2. The molecule has 8 heteroatoms. The molecule has 2 N–H and O–H groups in total. The number of para-hydroxylation sites is 1. The van der Waals surface area contributed by atoms with Crippen LogP contribution in [0.2, 0.25) is 0 Å². The third-order valence-corrected chi connectivity index (χ3v) is 3.92. The average Bonchev–Trinajstić information content (AvgIpc) is 2.62. The van der Waals surface area contributed by atoms with E-state index >= 15 is 0 Å². The number of alkyl halides is 3. The summed E-state index contributed by atoms with van der Waals surface area (Å²) in [6.45, 7) is 1.50. The van der Waals surface area contributed by atoms with Gasteiger partial charge in [-0.05, 0) is 31.3 Å². The third-order valence-electron chi connectivity index (χ3n) is 3.92. The fourth-order valence-electron chi connectivity index (χ4n) is 2.68. The number of hydrogen-bond acceptors (Lipinski definition) is 3. The minimum Gasteiger partial charge on any atom is -0.405 e. The summed E-state index contributed by atoms with van der Waals surface area (Å²) in [7, 11) is 5.62. The highest BCUT2D eigenvalue weighted by atomic mass is 19.4. The first kappa shape index (κ1) is 21.6. The highest BCUT2D eigenvalue weighted by molar-refractivity contribution is 5.79. The van der Waals surface area contributed by atoms with Gasteiger partial charge in [0, 0.05) is 32.2 Å². The topological polar surface area (TPSA) is 48.9 Å². The van der Waals surface area contributed by atoms with E-state index in [9.17, 15) is 13.2 Å². The lowest BCUT2D eigenvalue weighted by Gasteiger charge is -2.17. The van der Waals surface area contributed by atoms with Crippen LogP contribution in [0.1, 0.15) is 16.7 Å². The van der Waals surface area contributed by atoms with Crippen molar-refractivity contribution in [2.75, 3.05) is 21.1 Å². The Morgan fingerprint density at radius 1 is 0.929 bits per heavy atom. The summed E-state index contributed by atoms with van der Waals surface area (Å²) in [4.78, 5) is 6.22. The van der Waals surface area contributed by atoms with E-state index in [-0.39, 0.29) is 12.3 Å². The standard InChI is InChI=1S/C20H25F3N4O/c1-24-19(25-12-15-8-4-5-10-17(15)14-27(2)3)26-13-16-9-6-7-11-18(16)28-20(21,22)23/h4-11H,12-14H2,1-3H3,(H2,24,25,26). The maximum Gasteiger partial charge on any atom is 0.573 e. The SMILES string of the molecule is CN=C(NCc1ccccc1CN(C)C)NCc1ccccc1OC(F)(F)F. The summed E-state index contributed by atoms with van der Waals surface area (Å²) in [5.41, 5.74) is 2.70. The van der Waals surface area contributed by atoms with Crippen LogP contribution in [0.15, 0.2) is 53.5 Å². The molecule has 0 atom stereocenters. The van der Waals surface area contributed by atoms with E-state index in [1.807, 2.05) is 32.3 Å². The fraction of sp³-hybridized carbons (Fsp3) is 0.350. The highest BCUT2D eigenvalue weighted by Crippen LogP contribution is 2.26. The number of benzene rings is 2. The maximum absolute atomic E-state index is 12.5. The second-order valence-corrected chi connectivity index (χ2v) is 6.44. The summed E-state index contributed by atoms with van der Waals surface area (Å²) in [5.74, 6) is 0.260. The lowest BCUT2D eigenvalue weighted by molar-refractivity contribution is -0.274. The van der Waals surface area contributed by atoms with Crippen molar-refractivity contribution >= 4 is 5.96 Å². The number of aliphatic imine (C=N–C) groups is 1. The predicted octanol–water partition coefficient (Wildman–Crippen LogP) is 3.51. The Kier molecular flexibility index (Phi) is 7.69. The molecule has 2 rings (SSSR count). The Morgan fingerprint density at radius 2 is 1.46 bits per heavy atom. The molecule has 0 aromatic heterocycles. The molecule has 0 unspecified atom stereocenters. The molecular weight excluding hydrogens is 369 g/mol. The van der Waals surface area contributed by atoms with Crippen molar-refractivity contribution in [2.24, 2.45) is 4.99 Å². The van der Waals surface area contributed by atoms with Gasteiger partial charge in [-0.15, -0.1) is 13.2 Å². The lowest BCUT2D eigenvalue weighted by atomic mass is 10.1. The maximum atomic E-state index is 12.5. The minimum absolute atomic E-state index is 0.144. The molecule has 5 nitrogen and oxygen atoms in total. The van der Waals surface area contributed by atoms with E-state index in [1.165, 1.54) is 17.7 Å². The molecule has 0 saturated carbocycles. The first-order valence-corrected chi connectivity index (χ1v) is 8.78. The Bertz CT molecular complexity index is 791. The van der Waals surface area contributed by atoms with Crippen LogP contribution in [-0.4, -0.2) is 38.4 Å². The van der Waals surface area contributed by atoms with Gasteiger partial charge in [-0.25, -0.2) is 0 Å². The van der Waals surface area contributed by atoms with Crippen molar-refractivity contribution in [3.63, 3.8) is 0 Å². The quantitative estimate of drug-likeness (QED) is 0.557. The molecule has 28 heavy (non-hydrogen) atoms. The molecular formula is C20H25F3N4O. The lowest BCUT2D eigenvalue weighted by Crippen LogP contribution is -2.36. The van der Waals surface area contributed by atoms with Gasteiger partial charge in [0.25, 0.3) is 0 Å². The van der Waals surface area contributed by atoms with E-state index < -0.39 is 6.36 Å². The van der Waals surface area contributed by atoms with Crippen molar-refractivity contribution in [3.8, 4) is 5.75 Å². The van der Waals surface area contributed by atoms with Crippen molar-refractivity contribution < 1.29 is 17.9 Å².